The van der Waals surface area contributed by atoms with E-state index in [9.17, 15) is 9.18 Å². The van der Waals surface area contributed by atoms with E-state index in [1.165, 1.54) is 24.3 Å². The molecule has 0 spiro atoms. The van der Waals surface area contributed by atoms with Crippen molar-refractivity contribution in [1.29, 1.82) is 0 Å². The van der Waals surface area contributed by atoms with Gasteiger partial charge in [0.2, 0.25) is 0 Å². The predicted octanol–water partition coefficient (Wildman–Crippen LogP) is 3.03. The molecule has 0 aliphatic heterocycles. The summed E-state index contributed by atoms with van der Waals surface area (Å²) in [6.45, 7) is 1.73. The summed E-state index contributed by atoms with van der Waals surface area (Å²) in [5, 5.41) is 0. The second-order valence-corrected chi connectivity index (χ2v) is 5.32. The largest absolute Gasteiger partial charge is 0.399 e. The quantitative estimate of drug-likeness (QED) is 0.660. The lowest BCUT2D eigenvalue weighted by molar-refractivity contribution is 0.0932. The third-order valence-corrected chi connectivity index (χ3v) is 3.29. The second-order valence-electron chi connectivity index (χ2n) is 4.50. The highest BCUT2D eigenvalue weighted by molar-refractivity contribution is 6.27. The maximum absolute atomic E-state index is 12.8. The van der Waals surface area contributed by atoms with Crippen LogP contribution in [0.3, 0.4) is 0 Å². The van der Waals surface area contributed by atoms with Crippen LogP contribution in [0.1, 0.15) is 17.3 Å². The molecule has 2 atom stereocenters. The lowest BCUT2D eigenvalue weighted by atomic mass is 9.82. The maximum Gasteiger partial charge on any atom is 0.171 e. The molecule has 2 N–H and O–H groups in total. The Morgan fingerprint density at radius 2 is 2.00 bits per heavy atom. The van der Waals surface area contributed by atoms with E-state index in [2.05, 4.69) is 0 Å². The molecule has 0 saturated carbocycles. The highest BCUT2D eigenvalue weighted by atomic mass is 35.5. The summed E-state index contributed by atoms with van der Waals surface area (Å²) in [6, 6.07) is 5.44. The van der Waals surface area contributed by atoms with Crippen molar-refractivity contribution in [2.75, 3.05) is 0 Å². The van der Waals surface area contributed by atoms with Crippen LogP contribution < -0.4 is 5.73 Å². The summed E-state index contributed by atoms with van der Waals surface area (Å²) < 4.78 is 12.8. The molecule has 1 aromatic carbocycles. The van der Waals surface area contributed by atoms with Crippen molar-refractivity contribution in [2.24, 2.45) is 11.7 Å². The zero-order valence-electron chi connectivity index (χ0n) is 9.86. The van der Waals surface area contributed by atoms with Gasteiger partial charge in [0.05, 0.1) is 10.8 Å². The van der Waals surface area contributed by atoms with E-state index in [1.54, 1.807) is 25.2 Å². The predicted molar refractivity (Wildman–Crippen MR) is 69.9 cm³/mol. The van der Waals surface area contributed by atoms with Crippen molar-refractivity contribution >= 4 is 17.4 Å². The zero-order chi connectivity index (χ0) is 13.3. The molecule has 94 valence electrons. The first-order valence-electron chi connectivity index (χ1n) is 5.55. The van der Waals surface area contributed by atoms with Gasteiger partial charge in [0, 0.05) is 11.3 Å². The molecule has 0 amide bonds. The number of alkyl halides is 1. The highest BCUT2D eigenvalue weighted by Crippen LogP contribution is 2.34. The molecule has 2 nitrogen and oxygen atoms in total. The molecule has 0 aromatic heterocycles. The van der Waals surface area contributed by atoms with Gasteiger partial charge in [0.1, 0.15) is 5.82 Å². The van der Waals surface area contributed by atoms with Gasteiger partial charge in [-0.2, -0.15) is 0 Å². The Labute approximate surface area is 110 Å². The Kier molecular flexibility index (Phi) is 3.26. The van der Waals surface area contributed by atoms with Crippen molar-refractivity contribution in [2.45, 2.75) is 11.8 Å². The summed E-state index contributed by atoms with van der Waals surface area (Å²) in [5.41, 5.74) is 6.63. The number of carbonyl (C=O) groups excluding carboxylic acids is 1. The monoisotopic (exact) mass is 265 g/mol. The molecule has 1 aliphatic carbocycles. The lowest BCUT2D eigenvalue weighted by Crippen LogP contribution is -2.34. The molecule has 0 bridgehead atoms. The van der Waals surface area contributed by atoms with Gasteiger partial charge in [-0.25, -0.2) is 4.39 Å². The highest BCUT2D eigenvalue weighted by Gasteiger charge is 2.36. The smallest absolute Gasteiger partial charge is 0.171 e. The van der Waals surface area contributed by atoms with Crippen LogP contribution >= 0.6 is 11.6 Å². The van der Waals surface area contributed by atoms with Crippen molar-refractivity contribution in [3.63, 3.8) is 0 Å². The van der Waals surface area contributed by atoms with Crippen LogP contribution in [0.25, 0.3) is 0 Å². The third kappa shape index (κ3) is 2.46. The fraction of sp³-hybridized carbons (Fsp3) is 0.214. The number of rotatable bonds is 2. The van der Waals surface area contributed by atoms with Crippen molar-refractivity contribution < 1.29 is 9.18 Å². The van der Waals surface area contributed by atoms with Crippen molar-refractivity contribution in [3.05, 3.63) is 59.6 Å². The average molecular weight is 266 g/mol. The third-order valence-electron chi connectivity index (χ3n) is 2.95. The van der Waals surface area contributed by atoms with Crippen LogP contribution in [0.4, 0.5) is 4.39 Å². The molecule has 18 heavy (non-hydrogen) atoms. The molecule has 4 heteroatoms. The molecule has 2 unspecified atom stereocenters. The number of carbonyl (C=O) groups is 1. The first-order chi connectivity index (χ1) is 8.40. The molecule has 1 aliphatic rings. The Morgan fingerprint density at radius 1 is 1.39 bits per heavy atom. The first-order valence-corrected chi connectivity index (χ1v) is 5.93. The van der Waals surface area contributed by atoms with E-state index < -0.39 is 10.8 Å². The standard InChI is InChI=1S/C14H13ClFNO/c1-14(15)8-11(17)6-7-12(14)13(18)9-2-4-10(16)5-3-9/h2-8,12H,17H2,1H3. The number of hydrogen-bond acceptors (Lipinski definition) is 2. The summed E-state index contributed by atoms with van der Waals surface area (Å²) in [7, 11) is 0. The maximum atomic E-state index is 12.8. The minimum absolute atomic E-state index is 0.146. The number of benzene rings is 1. The molecular formula is C14H13ClFNO. The minimum Gasteiger partial charge on any atom is -0.399 e. The molecule has 1 aromatic rings. The summed E-state index contributed by atoms with van der Waals surface area (Å²) >= 11 is 6.31. The summed E-state index contributed by atoms with van der Waals surface area (Å²) in [5.74, 6) is -1.02. The number of Topliss-reactive ketones (excluding diaryl/α,β-unsaturated/α-hetero) is 1. The van der Waals surface area contributed by atoms with Gasteiger partial charge in [0.15, 0.2) is 5.78 Å². The van der Waals surface area contributed by atoms with Gasteiger partial charge in [-0.15, -0.1) is 11.6 Å². The number of allylic oxidation sites excluding steroid dienone is 3. The zero-order valence-corrected chi connectivity index (χ0v) is 10.6. The number of hydrogen-bond donors (Lipinski definition) is 1. The number of nitrogens with two attached hydrogens (primary N) is 1. The van der Waals surface area contributed by atoms with Gasteiger partial charge in [-0.1, -0.05) is 6.08 Å². The normalized spacial score (nSPS) is 26.8. The first kappa shape index (κ1) is 12.8. The minimum atomic E-state index is -0.857. The molecular weight excluding hydrogens is 253 g/mol. The summed E-state index contributed by atoms with van der Waals surface area (Å²) in [6.07, 6.45) is 5.00. The van der Waals surface area contributed by atoms with Crippen molar-refractivity contribution in [1.82, 2.24) is 0 Å². The Balaban J connectivity index is 2.30. The Bertz CT molecular complexity index is 531. The van der Waals surface area contributed by atoms with E-state index in [4.69, 9.17) is 17.3 Å². The fourth-order valence-electron chi connectivity index (χ4n) is 2.00. The Hall–Kier alpha value is -1.61. The molecule has 0 radical (unpaired) electrons. The lowest BCUT2D eigenvalue weighted by Gasteiger charge is -2.29. The number of halogens is 2. The average Bonchev–Trinajstić information content (AvgIpc) is 2.28. The topological polar surface area (TPSA) is 43.1 Å². The summed E-state index contributed by atoms with van der Waals surface area (Å²) in [4.78, 5) is 11.4. The van der Waals surface area contributed by atoms with E-state index >= 15 is 0 Å². The van der Waals surface area contributed by atoms with E-state index in [0.717, 1.165) is 0 Å². The molecule has 0 heterocycles. The van der Waals surface area contributed by atoms with Gasteiger partial charge in [0.25, 0.3) is 0 Å². The van der Waals surface area contributed by atoms with Gasteiger partial charge < -0.3 is 5.73 Å². The Morgan fingerprint density at radius 3 is 2.56 bits per heavy atom. The van der Waals surface area contributed by atoms with E-state index in [-0.39, 0.29) is 11.6 Å². The van der Waals surface area contributed by atoms with Gasteiger partial charge in [-0.3, -0.25) is 4.79 Å². The van der Waals surface area contributed by atoms with Crippen LogP contribution in [0.5, 0.6) is 0 Å². The SMILES string of the molecule is CC1(Cl)C=C(N)C=CC1C(=O)c1ccc(F)cc1. The van der Waals surface area contributed by atoms with Crippen LogP contribution in [-0.4, -0.2) is 10.7 Å². The second kappa shape index (κ2) is 4.58. The van der Waals surface area contributed by atoms with Crippen molar-refractivity contribution in [3.8, 4) is 0 Å². The molecule has 2 rings (SSSR count). The van der Waals surface area contributed by atoms with E-state index in [1.807, 2.05) is 0 Å². The number of ketones is 1. The van der Waals surface area contributed by atoms with Crippen LogP contribution in [0, 0.1) is 11.7 Å². The van der Waals surface area contributed by atoms with Crippen LogP contribution in [0.2, 0.25) is 0 Å². The van der Waals surface area contributed by atoms with Gasteiger partial charge in [-0.05, 0) is 43.3 Å². The fourth-order valence-corrected chi connectivity index (χ4v) is 2.29. The van der Waals surface area contributed by atoms with Crippen LogP contribution in [0.15, 0.2) is 48.2 Å². The van der Waals surface area contributed by atoms with Gasteiger partial charge >= 0.3 is 0 Å². The molecule has 0 fully saturated rings. The van der Waals surface area contributed by atoms with E-state index in [0.29, 0.717) is 11.3 Å². The van der Waals surface area contributed by atoms with Crippen LogP contribution in [-0.2, 0) is 0 Å². The molecule has 0 saturated heterocycles.